The minimum Gasteiger partial charge on any atom is -0.369 e. The Hall–Kier alpha value is -4.28. The van der Waals surface area contributed by atoms with Crippen LogP contribution in [0, 0.1) is 0 Å². The lowest BCUT2D eigenvalue weighted by atomic mass is 9.70. The molecule has 0 radical (unpaired) electrons. The van der Waals surface area contributed by atoms with Crippen molar-refractivity contribution in [3.63, 3.8) is 0 Å². The summed E-state index contributed by atoms with van der Waals surface area (Å²) < 4.78 is 39.9. The molecule has 3 heterocycles. The van der Waals surface area contributed by atoms with Crippen LogP contribution in [0.25, 0.3) is 0 Å². The zero-order chi connectivity index (χ0) is 34.9. The van der Waals surface area contributed by atoms with E-state index in [0.717, 1.165) is 75.9 Å². The minimum absolute atomic E-state index is 0.00627. The van der Waals surface area contributed by atoms with Gasteiger partial charge in [-0.3, -0.25) is 14.5 Å². The molecule has 260 valence electrons. The van der Waals surface area contributed by atoms with E-state index in [1.54, 1.807) is 11.8 Å². The molecule has 50 heavy (non-hydrogen) atoms. The summed E-state index contributed by atoms with van der Waals surface area (Å²) in [6, 6.07) is 31.6. The summed E-state index contributed by atoms with van der Waals surface area (Å²) in [5, 5.41) is 2.25. The fourth-order valence-corrected chi connectivity index (χ4v) is 9.03. The van der Waals surface area contributed by atoms with E-state index in [-0.39, 0.29) is 11.9 Å². The third kappa shape index (κ3) is 6.75. The Balaban J connectivity index is 1.03. The van der Waals surface area contributed by atoms with E-state index in [4.69, 9.17) is 0 Å². The zero-order valence-electron chi connectivity index (χ0n) is 28.1. The summed E-state index contributed by atoms with van der Waals surface area (Å²) in [5.41, 5.74) is 4.32. The number of nitrogens with zero attached hydrogens (tertiary/aromatic N) is 3. The van der Waals surface area contributed by atoms with Gasteiger partial charge < -0.3 is 15.1 Å². The van der Waals surface area contributed by atoms with Gasteiger partial charge in [-0.2, -0.15) is 13.2 Å². The molecule has 4 aromatic rings. The number of hydrogen-bond acceptors (Lipinski definition) is 5. The van der Waals surface area contributed by atoms with Crippen LogP contribution in [0.2, 0.25) is 0 Å². The first-order chi connectivity index (χ1) is 24.1. The molecule has 0 aromatic heterocycles. The van der Waals surface area contributed by atoms with Crippen LogP contribution in [-0.2, 0) is 16.6 Å². The summed E-state index contributed by atoms with van der Waals surface area (Å²) in [6.45, 7) is 5.31. The normalized spacial score (nSPS) is 17.8. The van der Waals surface area contributed by atoms with Crippen molar-refractivity contribution in [1.82, 2.24) is 15.1 Å². The van der Waals surface area contributed by atoms with E-state index in [1.165, 1.54) is 0 Å². The van der Waals surface area contributed by atoms with Gasteiger partial charge in [0, 0.05) is 53.8 Å². The predicted octanol–water partition coefficient (Wildman–Crippen LogP) is 7.48. The van der Waals surface area contributed by atoms with Crippen LogP contribution < -0.4 is 10.2 Å². The Labute approximate surface area is 295 Å². The van der Waals surface area contributed by atoms with E-state index >= 15 is 0 Å². The average Bonchev–Trinajstić information content (AvgIpc) is 3.13. The molecule has 0 aliphatic carbocycles. The fraction of sp³-hybridized carbons (Fsp3) is 0.350. The maximum atomic E-state index is 14.0. The molecular weight excluding hydrogens is 658 g/mol. The summed E-state index contributed by atoms with van der Waals surface area (Å²) in [6.07, 6.45) is -2.66. The second-order valence-electron chi connectivity index (χ2n) is 13.4. The second-order valence-corrected chi connectivity index (χ2v) is 14.5. The number of piperazine rings is 1. The van der Waals surface area contributed by atoms with Gasteiger partial charge in [0.2, 0.25) is 5.91 Å². The van der Waals surface area contributed by atoms with Gasteiger partial charge in [0.25, 0.3) is 5.91 Å². The van der Waals surface area contributed by atoms with Crippen molar-refractivity contribution in [1.29, 1.82) is 0 Å². The van der Waals surface area contributed by atoms with Crippen LogP contribution in [0.5, 0.6) is 0 Å². The Bertz CT molecular complexity index is 1810. The van der Waals surface area contributed by atoms with Gasteiger partial charge in [0.15, 0.2) is 0 Å². The molecule has 0 spiro atoms. The molecule has 6 nitrogen and oxygen atoms in total. The summed E-state index contributed by atoms with van der Waals surface area (Å²) >= 11 is 1.55. The van der Waals surface area contributed by atoms with Crippen LogP contribution in [0.4, 0.5) is 18.9 Å². The SMILES string of the molecule is CC(c1ccccc1)N1CCc2ccc(N3CCN(CCCC4(C(=O)NCC(F)(F)F)c5ccccc5Sc5ccccc54)CC3)cc2C1=O. The first-order valence-electron chi connectivity index (χ1n) is 17.3. The van der Waals surface area contributed by atoms with Crippen molar-refractivity contribution in [2.75, 3.05) is 50.7 Å². The van der Waals surface area contributed by atoms with Crippen LogP contribution >= 0.6 is 11.8 Å². The number of alkyl halides is 3. The highest BCUT2D eigenvalue weighted by atomic mass is 32.2. The predicted molar refractivity (Wildman–Crippen MR) is 191 cm³/mol. The van der Waals surface area contributed by atoms with Crippen LogP contribution in [-0.4, -0.2) is 73.6 Å². The molecule has 1 fully saturated rings. The molecule has 1 N–H and O–H groups in total. The van der Waals surface area contributed by atoms with Crippen molar-refractivity contribution >= 4 is 29.3 Å². The lowest BCUT2D eigenvalue weighted by molar-refractivity contribution is -0.141. The maximum Gasteiger partial charge on any atom is 0.405 e. The number of nitrogens with one attached hydrogen (secondary N) is 1. The molecule has 1 saturated heterocycles. The number of benzene rings is 4. The monoisotopic (exact) mass is 698 g/mol. The molecule has 3 aliphatic heterocycles. The number of fused-ring (bicyclic) bond motifs is 3. The van der Waals surface area contributed by atoms with Crippen LogP contribution in [0.15, 0.2) is 107 Å². The topological polar surface area (TPSA) is 55.9 Å². The third-order valence-corrected chi connectivity index (χ3v) is 11.6. The maximum absolute atomic E-state index is 14.0. The third-order valence-electron chi connectivity index (χ3n) is 10.5. The van der Waals surface area contributed by atoms with Gasteiger partial charge in [0.05, 0.1) is 6.04 Å². The molecule has 0 saturated carbocycles. The van der Waals surface area contributed by atoms with Gasteiger partial charge >= 0.3 is 6.18 Å². The molecule has 1 atom stereocenters. The average molecular weight is 699 g/mol. The Morgan fingerprint density at radius 2 is 1.50 bits per heavy atom. The van der Waals surface area contributed by atoms with Crippen molar-refractivity contribution in [3.8, 4) is 0 Å². The molecule has 1 unspecified atom stereocenters. The van der Waals surface area contributed by atoms with Gasteiger partial charge in [0.1, 0.15) is 12.0 Å². The summed E-state index contributed by atoms with van der Waals surface area (Å²) in [5.74, 6) is -0.543. The number of hydrogen-bond donors (Lipinski definition) is 1. The number of rotatable bonds is 9. The number of carbonyl (C=O) groups is 2. The van der Waals surface area contributed by atoms with Crippen molar-refractivity contribution in [2.24, 2.45) is 0 Å². The number of amides is 2. The highest BCUT2D eigenvalue weighted by Gasteiger charge is 2.47. The lowest BCUT2D eigenvalue weighted by Crippen LogP contribution is -2.50. The largest absolute Gasteiger partial charge is 0.405 e. The molecule has 7 rings (SSSR count). The van der Waals surface area contributed by atoms with E-state index in [9.17, 15) is 22.8 Å². The van der Waals surface area contributed by atoms with Gasteiger partial charge in [-0.05, 0) is 79.3 Å². The van der Waals surface area contributed by atoms with Crippen LogP contribution in [0.1, 0.15) is 58.4 Å². The summed E-state index contributed by atoms with van der Waals surface area (Å²) in [7, 11) is 0. The van der Waals surface area contributed by atoms with Crippen molar-refractivity contribution in [3.05, 3.63) is 125 Å². The first-order valence-corrected chi connectivity index (χ1v) is 18.1. The first kappa shape index (κ1) is 34.2. The zero-order valence-corrected chi connectivity index (χ0v) is 28.9. The molecular formula is C40H41F3N4O2S. The molecule has 0 bridgehead atoms. The molecule has 10 heteroatoms. The number of halogens is 3. The van der Waals surface area contributed by atoms with E-state index in [1.807, 2.05) is 71.6 Å². The lowest BCUT2D eigenvalue weighted by Gasteiger charge is -2.40. The minimum atomic E-state index is -4.51. The smallest absolute Gasteiger partial charge is 0.369 e. The van der Waals surface area contributed by atoms with E-state index in [0.29, 0.717) is 25.9 Å². The molecule has 3 aliphatic rings. The van der Waals surface area contributed by atoms with Crippen molar-refractivity contribution in [2.45, 2.75) is 53.6 Å². The standard InChI is InChI=1S/C40H41F3N4O2S/c1-28(29-10-3-2-4-11-29)47-21-18-30-16-17-31(26-32(30)37(47)48)46-24-22-45(23-25-46)20-9-19-39(38(49)44-27-40(41,42)43)33-12-5-7-14-35(33)50-36-15-8-6-13-34(36)39/h2-8,10-17,26,28H,9,18-25,27H2,1H3,(H,44,49). The highest BCUT2D eigenvalue weighted by Crippen LogP contribution is 2.51. The Morgan fingerprint density at radius 3 is 2.16 bits per heavy atom. The fourth-order valence-electron chi connectivity index (χ4n) is 7.79. The second kappa shape index (κ2) is 14.2. The Morgan fingerprint density at radius 1 is 0.860 bits per heavy atom. The summed E-state index contributed by atoms with van der Waals surface area (Å²) in [4.78, 5) is 36.1. The van der Waals surface area contributed by atoms with E-state index in [2.05, 4.69) is 52.4 Å². The van der Waals surface area contributed by atoms with E-state index < -0.39 is 24.0 Å². The number of anilines is 1. The Kier molecular flexibility index (Phi) is 9.67. The van der Waals surface area contributed by atoms with Gasteiger partial charge in [-0.25, -0.2) is 0 Å². The van der Waals surface area contributed by atoms with Crippen LogP contribution in [0.3, 0.4) is 0 Å². The molecule has 4 aromatic carbocycles. The quantitative estimate of drug-likeness (QED) is 0.197. The van der Waals surface area contributed by atoms with Crippen molar-refractivity contribution < 1.29 is 22.8 Å². The molecule has 2 amide bonds. The number of carbonyl (C=O) groups excluding carboxylic acids is 2. The van der Waals surface area contributed by atoms with Gasteiger partial charge in [-0.1, -0.05) is 84.6 Å². The highest BCUT2D eigenvalue weighted by molar-refractivity contribution is 7.99. The van der Waals surface area contributed by atoms with Gasteiger partial charge in [-0.15, -0.1) is 0 Å².